The van der Waals surface area contributed by atoms with E-state index in [1.165, 1.54) is 0 Å². The minimum absolute atomic E-state index is 0.0714. The Morgan fingerprint density at radius 1 is 1.17 bits per heavy atom. The van der Waals surface area contributed by atoms with E-state index in [4.69, 9.17) is 10.5 Å². The normalized spacial score (nSPS) is 14.1. The van der Waals surface area contributed by atoms with E-state index in [-0.39, 0.29) is 12.1 Å². The van der Waals surface area contributed by atoms with Gasteiger partial charge in [0.1, 0.15) is 0 Å². The van der Waals surface area contributed by atoms with E-state index in [1.807, 2.05) is 49.4 Å². The molecule has 0 aliphatic carbocycles. The van der Waals surface area contributed by atoms with Crippen LogP contribution >= 0.6 is 0 Å². The Kier molecular flexibility index (Phi) is 4.45. The fourth-order valence-electron chi connectivity index (χ4n) is 1.86. The van der Waals surface area contributed by atoms with Gasteiger partial charge in [0.2, 0.25) is 0 Å². The van der Waals surface area contributed by atoms with Crippen LogP contribution < -0.4 is 5.73 Å². The van der Waals surface area contributed by atoms with Gasteiger partial charge in [-0.2, -0.15) is 0 Å². The third kappa shape index (κ3) is 3.39. The minimum atomic E-state index is -0.126. The number of nitrogens with two attached hydrogens (primary N) is 1. The smallest absolute Gasteiger partial charge is 0.0992 e. The molecule has 0 aliphatic heterocycles. The molecule has 2 atom stereocenters. The largest absolute Gasteiger partial charge is 0.367 e. The van der Waals surface area contributed by atoms with Crippen LogP contribution in [-0.4, -0.2) is 11.0 Å². The quantitative estimate of drug-likeness (QED) is 0.877. The molecule has 0 saturated carbocycles. The highest BCUT2D eigenvalue weighted by Crippen LogP contribution is 2.20. The molecule has 18 heavy (non-hydrogen) atoms. The number of pyridine rings is 1. The van der Waals surface area contributed by atoms with Gasteiger partial charge in [-0.1, -0.05) is 36.4 Å². The number of rotatable bonds is 5. The Bertz CT molecular complexity index is 456. The first-order valence-electron chi connectivity index (χ1n) is 6.08. The molecule has 2 aromatic rings. The van der Waals surface area contributed by atoms with Crippen LogP contribution in [0.1, 0.15) is 24.2 Å². The summed E-state index contributed by atoms with van der Waals surface area (Å²) in [5, 5.41) is 0. The number of benzene rings is 1. The lowest BCUT2D eigenvalue weighted by atomic mass is 10.1. The summed E-state index contributed by atoms with van der Waals surface area (Å²) in [5.41, 5.74) is 8.14. The minimum Gasteiger partial charge on any atom is -0.367 e. The van der Waals surface area contributed by atoms with Gasteiger partial charge in [0, 0.05) is 24.0 Å². The first-order valence-corrected chi connectivity index (χ1v) is 6.08. The topological polar surface area (TPSA) is 48.1 Å². The van der Waals surface area contributed by atoms with Crippen molar-refractivity contribution in [2.75, 3.05) is 0 Å². The van der Waals surface area contributed by atoms with Crippen LogP contribution in [0.5, 0.6) is 0 Å². The third-order valence-electron chi connectivity index (χ3n) is 2.76. The van der Waals surface area contributed by atoms with E-state index in [0.29, 0.717) is 6.61 Å². The van der Waals surface area contributed by atoms with Crippen molar-refractivity contribution in [3.63, 3.8) is 0 Å². The molecular formula is C15H18N2O. The van der Waals surface area contributed by atoms with Gasteiger partial charge in [-0.3, -0.25) is 4.98 Å². The van der Waals surface area contributed by atoms with Crippen molar-refractivity contribution in [3.8, 4) is 0 Å². The molecule has 3 nitrogen and oxygen atoms in total. The summed E-state index contributed by atoms with van der Waals surface area (Å²) >= 11 is 0. The van der Waals surface area contributed by atoms with Gasteiger partial charge < -0.3 is 10.5 Å². The van der Waals surface area contributed by atoms with Crippen LogP contribution in [0.3, 0.4) is 0 Å². The van der Waals surface area contributed by atoms with E-state index in [0.717, 1.165) is 11.1 Å². The molecule has 0 saturated heterocycles. The molecule has 1 heterocycles. The molecule has 0 aliphatic rings. The Morgan fingerprint density at radius 3 is 2.56 bits per heavy atom. The summed E-state index contributed by atoms with van der Waals surface area (Å²) in [6.07, 6.45) is 3.43. The molecule has 3 heteroatoms. The van der Waals surface area contributed by atoms with E-state index >= 15 is 0 Å². The maximum Gasteiger partial charge on any atom is 0.0992 e. The van der Waals surface area contributed by atoms with Crippen LogP contribution in [0, 0.1) is 0 Å². The average molecular weight is 242 g/mol. The number of aromatic nitrogens is 1. The molecule has 1 aromatic heterocycles. The number of hydrogen-bond donors (Lipinski definition) is 1. The molecule has 0 spiro atoms. The summed E-state index contributed by atoms with van der Waals surface area (Å²) in [5.74, 6) is 0. The van der Waals surface area contributed by atoms with Crippen LogP contribution in [0.2, 0.25) is 0 Å². The monoisotopic (exact) mass is 242 g/mol. The summed E-state index contributed by atoms with van der Waals surface area (Å²) in [4.78, 5) is 4.11. The second-order valence-corrected chi connectivity index (χ2v) is 4.36. The lowest BCUT2D eigenvalue weighted by molar-refractivity contribution is 0.0257. The lowest BCUT2D eigenvalue weighted by Crippen LogP contribution is -2.27. The number of ether oxygens (including phenoxy) is 1. The molecular weight excluding hydrogens is 224 g/mol. The van der Waals surface area contributed by atoms with E-state index in [9.17, 15) is 0 Å². The fourth-order valence-corrected chi connectivity index (χ4v) is 1.86. The van der Waals surface area contributed by atoms with Crippen LogP contribution in [0.4, 0.5) is 0 Å². The molecule has 2 unspecified atom stereocenters. The highest BCUT2D eigenvalue weighted by atomic mass is 16.5. The predicted molar refractivity (Wildman–Crippen MR) is 71.9 cm³/mol. The second kappa shape index (κ2) is 6.28. The zero-order valence-corrected chi connectivity index (χ0v) is 10.5. The third-order valence-corrected chi connectivity index (χ3v) is 2.76. The molecule has 0 fully saturated rings. The van der Waals surface area contributed by atoms with Crippen LogP contribution in [0.25, 0.3) is 0 Å². The van der Waals surface area contributed by atoms with Gasteiger partial charge in [-0.25, -0.2) is 0 Å². The Morgan fingerprint density at radius 2 is 1.94 bits per heavy atom. The number of nitrogens with zero attached hydrogens (tertiary/aromatic N) is 1. The zero-order valence-electron chi connectivity index (χ0n) is 10.5. The van der Waals surface area contributed by atoms with Gasteiger partial charge >= 0.3 is 0 Å². The average Bonchev–Trinajstić information content (AvgIpc) is 2.41. The fraction of sp³-hybridized carbons (Fsp3) is 0.267. The maximum absolute atomic E-state index is 5.98. The molecule has 0 radical (unpaired) electrons. The van der Waals surface area contributed by atoms with Crippen molar-refractivity contribution in [2.24, 2.45) is 5.73 Å². The molecule has 0 bridgehead atoms. The number of hydrogen-bond acceptors (Lipinski definition) is 3. The molecule has 1 aromatic carbocycles. The van der Waals surface area contributed by atoms with Crippen molar-refractivity contribution >= 4 is 0 Å². The van der Waals surface area contributed by atoms with E-state index < -0.39 is 0 Å². The van der Waals surface area contributed by atoms with E-state index in [2.05, 4.69) is 4.98 Å². The van der Waals surface area contributed by atoms with Gasteiger partial charge in [0.25, 0.3) is 0 Å². The maximum atomic E-state index is 5.98. The first-order chi connectivity index (χ1) is 8.77. The van der Waals surface area contributed by atoms with Gasteiger partial charge in [0.15, 0.2) is 0 Å². The van der Waals surface area contributed by atoms with Crippen molar-refractivity contribution in [1.29, 1.82) is 0 Å². The molecule has 2 N–H and O–H groups in total. The van der Waals surface area contributed by atoms with Crippen LogP contribution in [-0.2, 0) is 11.3 Å². The Labute approximate surface area is 108 Å². The summed E-state index contributed by atoms with van der Waals surface area (Å²) < 4.78 is 5.91. The van der Waals surface area contributed by atoms with Crippen molar-refractivity contribution in [2.45, 2.75) is 25.7 Å². The Hall–Kier alpha value is -1.71. The zero-order chi connectivity index (χ0) is 12.8. The first kappa shape index (κ1) is 12.7. The van der Waals surface area contributed by atoms with Crippen molar-refractivity contribution < 1.29 is 4.74 Å². The summed E-state index contributed by atoms with van der Waals surface area (Å²) in [6, 6.07) is 13.9. The summed E-state index contributed by atoms with van der Waals surface area (Å²) in [7, 11) is 0. The van der Waals surface area contributed by atoms with Crippen LogP contribution in [0.15, 0.2) is 54.9 Å². The van der Waals surface area contributed by atoms with Crippen molar-refractivity contribution in [1.82, 2.24) is 4.98 Å². The SMILES string of the molecule is CC(N)C(OCc1ccccc1)c1cccnc1. The second-order valence-electron chi connectivity index (χ2n) is 4.36. The molecule has 2 rings (SSSR count). The lowest BCUT2D eigenvalue weighted by Gasteiger charge is -2.21. The summed E-state index contributed by atoms with van der Waals surface area (Å²) in [6.45, 7) is 2.50. The molecule has 0 amide bonds. The van der Waals surface area contributed by atoms with Gasteiger partial charge in [0.05, 0.1) is 12.7 Å². The standard InChI is InChI=1S/C15H18N2O/c1-12(16)15(14-8-5-9-17-10-14)18-11-13-6-3-2-4-7-13/h2-10,12,15H,11,16H2,1H3. The van der Waals surface area contributed by atoms with Gasteiger partial charge in [-0.05, 0) is 18.6 Å². The van der Waals surface area contributed by atoms with E-state index in [1.54, 1.807) is 12.4 Å². The van der Waals surface area contributed by atoms with Crippen molar-refractivity contribution in [3.05, 3.63) is 66.0 Å². The highest BCUT2D eigenvalue weighted by molar-refractivity contribution is 5.16. The Balaban J connectivity index is 2.04. The molecule has 94 valence electrons. The predicted octanol–water partition coefficient (Wildman–Crippen LogP) is 2.69. The van der Waals surface area contributed by atoms with Gasteiger partial charge in [-0.15, -0.1) is 0 Å². The highest BCUT2D eigenvalue weighted by Gasteiger charge is 2.16.